The molecule has 1 atom stereocenters. The largest absolute Gasteiger partial charge is 0.371 e. The van der Waals surface area contributed by atoms with Gasteiger partial charge in [0.25, 0.3) is 5.91 Å². The molecular weight excluding hydrogens is 320 g/mol. The van der Waals surface area contributed by atoms with Crippen LogP contribution in [-0.2, 0) is 0 Å². The van der Waals surface area contributed by atoms with Crippen molar-refractivity contribution in [2.45, 2.75) is 6.42 Å². The summed E-state index contributed by atoms with van der Waals surface area (Å²) in [6, 6.07) is 10.5. The van der Waals surface area contributed by atoms with Crippen molar-refractivity contribution >= 4 is 27.9 Å². The van der Waals surface area contributed by atoms with E-state index in [0.717, 1.165) is 31.0 Å². The number of anilines is 1. The summed E-state index contributed by atoms with van der Waals surface area (Å²) in [4.78, 5) is 22.1. The molecule has 1 amide bonds. The summed E-state index contributed by atoms with van der Waals surface area (Å²) in [5.41, 5.74) is 1.80. The minimum Gasteiger partial charge on any atom is -0.371 e. The summed E-state index contributed by atoms with van der Waals surface area (Å²) in [5, 5.41) is 1.97. The van der Waals surface area contributed by atoms with Gasteiger partial charge in [-0.25, -0.2) is 4.98 Å². The second-order valence-corrected chi connectivity index (χ2v) is 7.21. The SMILES string of the molecule is CN(C[C@@H]1CCN(c2ccccc2)C1)C(=O)c1cn2ccsc2n1. The van der Waals surface area contributed by atoms with E-state index < -0.39 is 0 Å². The monoisotopic (exact) mass is 340 g/mol. The third-order valence-corrected chi connectivity index (χ3v) is 5.37. The number of hydrogen-bond acceptors (Lipinski definition) is 4. The maximum Gasteiger partial charge on any atom is 0.273 e. The third-order valence-electron chi connectivity index (χ3n) is 4.60. The van der Waals surface area contributed by atoms with E-state index in [4.69, 9.17) is 0 Å². The molecule has 3 aromatic rings. The Morgan fingerprint density at radius 2 is 2.21 bits per heavy atom. The van der Waals surface area contributed by atoms with Crippen LogP contribution in [0.5, 0.6) is 0 Å². The number of hydrogen-bond donors (Lipinski definition) is 0. The Kier molecular flexibility index (Phi) is 3.98. The second-order valence-electron chi connectivity index (χ2n) is 6.34. The Hall–Kier alpha value is -2.34. The van der Waals surface area contributed by atoms with Gasteiger partial charge in [-0.2, -0.15) is 0 Å². The van der Waals surface area contributed by atoms with Gasteiger partial charge in [-0.15, -0.1) is 11.3 Å². The highest BCUT2D eigenvalue weighted by atomic mass is 32.1. The van der Waals surface area contributed by atoms with Crippen molar-refractivity contribution < 1.29 is 4.79 Å². The van der Waals surface area contributed by atoms with E-state index in [0.29, 0.717) is 11.6 Å². The number of carbonyl (C=O) groups excluding carboxylic acids is 1. The summed E-state index contributed by atoms with van der Waals surface area (Å²) in [7, 11) is 1.88. The van der Waals surface area contributed by atoms with Crippen molar-refractivity contribution in [1.82, 2.24) is 14.3 Å². The van der Waals surface area contributed by atoms with Gasteiger partial charge in [0.05, 0.1) is 0 Å². The quantitative estimate of drug-likeness (QED) is 0.733. The number of imidazole rings is 1. The minimum atomic E-state index is 0.00376. The maximum absolute atomic E-state index is 12.6. The highest BCUT2D eigenvalue weighted by molar-refractivity contribution is 7.15. The standard InChI is InChI=1S/C18H20N4OS/c1-20(17(23)16-13-22-9-10-24-18(22)19-16)11-14-7-8-21(12-14)15-5-3-2-4-6-15/h2-6,9-10,13-14H,7-8,11-12H2,1H3/t14-/m0/s1. The number of carbonyl (C=O) groups is 1. The van der Waals surface area contributed by atoms with Crippen LogP contribution in [0.4, 0.5) is 5.69 Å². The molecule has 24 heavy (non-hydrogen) atoms. The smallest absolute Gasteiger partial charge is 0.273 e. The first-order valence-electron chi connectivity index (χ1n) is 8.18. The lowest BCUT2D eigenvalue weighted by atomic mass is 10.1. The molecule has 1 saturated heterocycles. The number of aromatic nitrogens is 2. The van der Waals surface area contributed by atoms with Crippen molar-refractivity contribution in [3.05, 3.63) is 53.8 Å². The number of rotatable bonds is 4. The molecule has 3 heterocycles. The van der Waals surface area contributed by atoms with E-state index in [9.17, 15) is 4.79 Å². The van der Waals surface area contributed by atoms with Gasteiger partial charge in [0.1, 0.15) is 5.69 Å². The van der Waals surface area contributed by atoms with Crippen molar-refractivity contribution in [1.29, 1.82) is 0 Å². The zero-order valence-electron chi connectivity index (χ0n) is 13.6. The number of amides is 1. The molecule has 2 aromatic heterocycles. The first-order chi connectivity index (χ1) is 11.7. The van der Waals surface area contributed by atoms with Crippen LogP contribution in [0.2, 0.25) is 0 Å². The molecule has 0 spiro atoms. The number of thiazole rings is 1. The van der Waals surface area contributed by atoms with Crippen molar-refractivity contribution in [3.8, 4) is 0 Å². The molecule has 0 unspecified atom stereocenters. The maximum atomic E-state index is 12.6. The normalized spacial score (nSPS) is 17.5. The minimum absolute atomic E-state index is 0.00376. The first-order valence-corrected chi connectivity index (χ1v) is 9.06. The molecule has 0 N–H and O–H groups in total. The second kappa shape index (κ2) is 6.28. The average molecular weight is 340 g/mol. The summed E-state index contributed by atoms with van der Waals surface area (Å²) in [6.07, 6.45) is 4.86. The van der Waals surface area contributed by atoms with Crippen LogP contribution in [0.25, 0.3) is 4.96 Å². The molecule has 6 heteroatoms. The summed E-state index contributed by atoms with van der Waals surface area (Å²) in [6.45, 7) is 2.82. The topological polar surface area (TPSA) is 40.9 Å². The predicted molar refractivity (Wildman–Crippen MR) is 96.8 cm³/mol. The van der Waals surface area contributed by atoms with Crippen LogP contribution in [0.15, 0.2) is 48.1 Å². The van der Waals surface area contributed by atoms with Gasteiger partial charge in [0.15, 0.2) is 4.96 Å². The number of benzene rings is 1. The van der Waals surface area contributed by atoms with Crippen molar-refractivity contribution in [2.75, 3.05) is 31.6 Å². The van der Waals surface area contributed by atoms with Crippen molar-refractivity contribution in [2.24, 2.45) is 5.92 Å². The van der Waals surface area contributed by atoms with Gasteiger partial charge >= 0.3 is 0 Å². The van der Waals surface area contributed by atoms with Crippen LogP contribution >= 0.6 is 11.3 Å². The molecule has 5 nitrogen and oxygen atoms in total. The highest BCUT2D eigenvalue weighted by Crippen LogP contribution is 2.24. The van der Waals surface area contributed by atoms with Gasteiger partial charge in [-0.3, -0.25) is 9.20 Å². The van der Waals surface area contributed by atoms with E-state index in [-0.39, 0.29) is 5.91 Å². The van der Waals surface area contributed by atoms with Crippen LogP contribution in [0.3, 0.4) is 0 Å². The zero-order valence-corrected chi connectivity index (χ0v) is 14.4. The van der Waals surface area contributed by atoms with E-state index in [2.05, 4.69) is 34.1 Å². The van der Waals surface area contributed by atoms with Crippen LogP contribution in [0.1, 0.15) is 16.9 Å². The molecule has 4 rings (SSSR count). The number of nitrogens with zero attached hydrogens (tertiary/aromatic N) is 4. The third kappa shape index (κ3) is 2.89. The van der Waals surface area contributed by atoms with E-state index >= 15 is 0 Å². The molecule has 1 aromatic carbocycles. The van der Waals surface area contributed by atoms with Crippen LogP contribution in [0, 0.1) is 5.92 Å². The molecule has 0 aliphatic carbocycles. The first kappa shape index (κ1) is 15.2. The summed E-state index contributed by atoms with van der Waals surface area (Å²) < 4.78 is 1.90. The van der Waals surface area contributed by atoms with Gasteiger partial charge in [-0.1, -0.05) is 18.2 Å². The molecule has 124 valence electrons. The lowest BCUT2D eigenvalue weighted by Crippen LogP contribution is -2.33. The Balaban J connectivity index is 1.38. The number of para-hydroxylation sites is 1. The lowest BCUT2D eigenvalue weighted by molar-refractivity contribution is 0.0771. The van der Waals surface area contributed by atoms with E-state index in [1.807, 2.05) is 40.2 Å². The summed E-state index contributed by atoms with van der Waals surface area (Å²) >= 11 is 1.54. The fourth-order valence-corrected chi connectivity index (χ4v) is 4.05. The predicted octanol–water partition coefficient (Wildman–Crippen LogP) is 2.99. The Labute approximate surface area is 145 Å². The fraction of sp³-hybridized carbons (Fsp3) is 0.333. The molecular formula is C18H20N4OS. The van der Waals surface area contributed by atoms with E-state index in [1.54, 1.807) is 11.3 Å². The molecule has 0 saturated carbocycles. The van der Waals surface area contributed by atoms with Gasteiger partial charge in [-0.05, 0) is 24.5 Å². The molecule has 1 aliphatic rings. The zero-order chi connectivity index (χ0) is 16.5. The summed E-state index contributed by atoms with van der Waals surface area (Å²) in [5.74, 6) is 0.506. The Morgan fingerprint density at radius 1 is 1.38 bits per heavy atom. The molecule has 1 aliphatic heterocycles. The average Bonchev–Trinajstić information content (AvgIpc) is 3.30. The Bertz CT molecular complexity index is 812. The lowest BCUT2D eigenvalue weighted by Gasteiger charge is -2.22. The molecule has 1 fully saturated rings. The molecule has 0 bridgehead atoms. The molecule has 0 radical (unpaired) electrons. The Morgan fingerprint density at radius 3 is 3.00 bits per heavy atom. The van der Waals surface area contributed by atoms with Crippen LogP contribution < -0.4 is 4.90 Å². The van der Waals surface area contributed by atoms with Gasteiger partial charge in [0, 0.05) is 50.1 Å². The van der Waals surface area contributed by atoms with Gasteiger partial charge < -0.3 is 9.80 Å². The van der Waals surface area contributed by atoms with Gasteiger partial charge in [0.2, 0.25) is 0 Å². The van der Waals surface area contributed by atoms with Crippen molar-refractivity contribution in [3.63, 3.8) is 0 Å². The number of fused-ring (bicyclic) bond motifs is 1. The fourth-order valence-electron chi connectivity index (χ4n) is 3.35. The van der Waals surface area contributed by atoms with E-state index in [1.165, 1.54) is 5.69 Å². The highest BCUT2D eigenvalue weighted by Gasteiger charge is 2.26. The van der Waals surface area contributed by atoms with Crippen LogP contribution in [-0.4, -0.2) is 46.9 Å².